The van der Waals surface area contributed by atoms with Crippen molar-refractivity contribution in [1.29, 1.82) is 0 Å². The first kappa shape index (κ1) is 77.7. The number of hydrogen-bond acceptors (Lipinski definition) is 35. The highest BCUT2D eigenvalue weighted by atomic mass is 16.8. The average molecular weight is 1420 g/mol. The summed E-state index contributed by atoms with van der Waals surface area (Å²) >= 11 is 0. The van der Waals surface area contributed by atoms with E-state index in [9.17, 15) is 112 Å². The lowest BCUT2D eigenvalue weighted by molar-refractivity contribution is -0.411. The molecule has 43 atom stereocenters. The van der Waals surface area contributed by atoms with Gasteiger partial charge in [-0.1, -0.05) is 27.7 Å². The molecule has 0 spiro atoms. The first-order valence-electron chi connectivity index (χ1n) is 34.5. The van der Waals surface area contributed by atoms with Crippen LogP contribution in [0.2, 0.25) is 0 Å². The molecule has 568 valence electrons. The van der Waals surface area contributed by atoms with Gasteiger partial charge in [0.25, 0.3) is 0 Å². The Labute approximate surface area is 564 Å². The number of hydrogen-bond donors (Lipinski definition) is 22. The van der Waals surface area contributed by atoms with E-state index in [1.165, 1.54) is 0 Å². The van der Waals surface area contributed by atoms with E-state index < -0.39 is 242 Å². The minimum Gasteiger partial charge on any atom is -0.394 e. The van der Waals surface area contributed by atoms with E-state index in [1.54, 1.807) is 0 Å². The number of aliphatic hydroxyl groups excluding tert-OH is 21. The zero-order valence-electron chi connectivity index (χ0n) is 55.1. The Morgan fingerprint density at radius 3 is 1.41 bits per heavy atom. The molecule has 7 aliphatic heterocycles. The summed E-state index contributed by atoms with van der Waals surface area (Å²) in [5.74, 6) is -1.57. The second kappa shape index (κ2) is 31.2. The minimum atomic E-state index is -2.26. The fourth-order valence-corrected chi connectivity index (χ4v) is 18.6. The number of rotatable bonds is 22. The molecule has 7 saturated heterocycles. The van der Waals surface area contributed by atoms with Crippen molar-refractivity contribution in [3.63, 3.8) is 0 Å². The van der Waals surface area contributed by atoms with Crippen LogP contribution in [0.1, 0.15) is 85.5 Å². The van der Waals surface area contributed by atoms with Crippen LogP contribution in [0.4, 0.5) is 0 Å². The molecule has 7 heterocycles. The monoisotopic (exact) mass is 1420 g/mol. The van der Waals surface area contributed by atoms with E-state index >= 15 is 0 Å². The van der Waals surface area contributed by atoms with Gasteiger partial charge in [-0.3, -0.25) is 0 Å². The third-order valence-corrected chi connectivity index (χ3v) is 24.3. The Hall–Kier alpha value is -1.40. The average Bonchev–Trinajstić information content (AvgIpc) is 1.48. The molecule has 1 unspecified atom stereocenters. The lowest BCUT2D eigenvalue weighted by atomic mass is 9.43. The maximum Gasteiger partial charge on any atom is 0.187 e. The molecule has 11 fully saturated rings. The van der Waals surface area contributed by atoms with Crippen LogP contribution in [-0.4, -0.2) is 367 Å². The third kappa shape index (κ3) is 14.3. The zero-order valence-corrected chi connectivity index (χ0v) is 55.1. The van der Waals surface area contributed by atoms with Crippen molar-refractivity contribution >= 4 is 0 Å². The number of aliphatic hydroxyl groups is 22. The molecule has 0 aromatic heterocycles. The lowest BCUT2D eigenvalue weighted by Crippen LogP contribution is -2.69. The predicted octanol–water partition coefficient (Wildman–Crippen LogP) is -9.34. The lowest BCUT2D eigenvalue weighted by Gasteiger charge is -2.62. The maximum atomic E-state index is 12.3. The number of fused-ring (bicyclic) bond motifs is 7. The quantitative estimate of drug-likeness (QED) is 0.0448. The molecule has 35 heteroatoms. The summed E-state index contributed by atoms with van der Waals surface area (Å²) in [5.41, 5.74) is -0.583. The van der Waals surface area contributed by atoms with Crippen LogP contribution in [0.15, 0.2) is 0 Å². The van der Waals surface area contributed by atoms with Gasteiger partial charge in [0.15, 0.2) is 43.5 Å². The molecule has 11 aliphatic rings. The van der Waals surface area contributed by atoms with Gasteiger partial charge in [-0.15, -0.1) is 0 Å². The first-order valence-corrected chi connectivity index (χ1v) is 34.5. The van der Waals surface area contributed by atoms with Crippen molar-refractivity contribution in [3.8, 4) is 0 Å². The molecule has 4 saturated carbocycles. The van der Waals surface area contributed by atoms with Gasteiger partial charge in [0.1, 0.15) is 146 Å². The summed E-state index contributed by atoms with van der Waals surface area (Å²) in [7, 11) is 0. The molecule has 11 rings (SSSR count). The van der Waals surface area contributed by atoms with Crippen molar-refractivity contribution < 1.29 is 174 Å². The summed E-state index contributed by atoms with van der Waals surface area (Å²) in [5, 5.41) is 240. The molecular formula is C63H106O35. The van der Waals surface area contributed by atoms with E-state index in [0.29, 0.717) is 44.9 Å². The van der Waals surface area contributed by atoms with Gasteiger partial charge >= 0.3 is 0 Å². The van der Waals surface area contributed by atoms with Crippen LogP contribution in [0.5, 0.6) is 0 Å². The molecule has 0 aromatic rings. The zero-order chi connectivity index (χ0) is 71.1. The normalized spacial score (nSPS) is 55.5. The second-order valence-electron chi connectivity index (χ2n) is 30.0. The fraction of sp³-hybridized carbons (Fsp3) is 1.00. The van der Waals surface area contributed by atoms with Crippen LogP contribution in [0.3, 0.4) is 0 Å². The highest BCUT2D eigenvalue weighted by molar-refractivity contribution is 5.16. The van der Waals surface area contributed by atoms with Gasteiger partial charge in [0, 0.05) is 12.3 Å². The Kier molecular flexibility index (Phi) is 24.7. The Balaban J connectivity index is 0.752. The molecule has 4 aliphatic carbocycles. The predicted molar refractivity (Wildman–Crippen MR) is 318 cm³/mol. The van der Waals surface area contributed by atoms with E-state index in [2.05, 4.69) is 13.8 Å². The van der Waals surface area contributed by atoms with Gasteiger partial charge in [0.2, 0.25) is 0 Å². The van der Waals surface area contributed by atoms with Crippen LogP contribution < -0.4 is 0 Å². The van der Waals surface area contributed by atoms with Crippen LogP contribution in [-0.2, 0) is 61.6 Å². The van der Waals surface area contributed by atoms with Gasteiger partial charge in [-0.05, 0) is 97.7 Å². The summed E-state index contributed by atoms with van der Waals surface area (Å²) in [6, 6.07) is 0. The molecule has 98 heavy (non-hydrogen) atoms. The van der Waals surface area contributed by atoms with Crippen LogP contribution in [0, 0.1) is 52.3 Å². The molecule has 0 amide bonds. The van der Waals surface area contributed by atoms with E-state index in [0.717, 1.165) is 12.8 Å². The second-order valence-corrected chi connectivity index (χ2v) is 30.0. The molecule has 22 N–H and O–H groups in total. The molecule has 0 aromatic carbocycles. The van der Waals surface area contributed by atoms with E-state index in [-0.39, 0.29) is 65.0 Å². The number of ether oxygens (including phenoxy) is 13. The van der Waals surface area contributed by atoms with Gasteiger partial charge in [-0.2, -0.15) is 0 Å². The van der Waals surface area contributed by atoms with Crippen molar-refractivity contribution in [3.05, 3.63) is 0 Å². The first-order chi connectivity index (χ1) is 46.4. The van der Waals surface area contributed by atoms with Crippen molar-refractivity contribution in [2.75, 3.05) is 46.2 Å². The van der Waals surface area contributed by atoms with Gasteiger partial charge < -0.3 is 174 Å². The maximum absolute atomic E-state index is 12.3. The standard InChI is InChI=1S/C63H106O35/c1-21(20-86-55-46(80)42(76)37(71)30(14-64)88-55)5-10-63(85)22(2)36-29(98-63)13-26-24-12-28(70)27-11-23(6-8-61(27,3)25(24)7-9-62(26,36)4)87-56-49(83)45(79)51(35(19-69)93-56)94-60-54(53(41(75)34(18-68)92-60)96-58-48(82)44(78)39(73)32(16-66)90-58)97-59-50(84)52(40(74)33(17-67)91-59)95-57-47(81)43(77)38(72)31(15-65)89-57/h21-60,64-85H,5-20H2,1-4H3/t21-,22+,23+,24-,25+,26+,27-,28-,29+,30-,31-,32-,33-,34-,35-,36+,37-,38-,39-,40-,41-,42+,43+,44+,45-,46-,47-,48-,49-,50-,51+,52+,53+,54-,55-,56-,57+,58+,59+,60+,61-,62+,63?/m1/s1. The van der Waals surface area contributed by atoms with E-state index in [1.807, 2.05) is 13.8 Å². The van der Waals surface area contributed by atoms with Gasteiger partial charge in [-0.25, -0.2) is 0 Å². The summed E-state index contributed by atoms with van der Waals surface area (Å²) in [6.07, 6.45) is -52.3. The van der Waals surface area contributed by atoms with Crippen molar-refractivity contribution in [1.82, 2.24) is 0 Å². The van der Waals surface area contributed by atoms with Gasteiger partial charge in [0.05, 0.1) is 64.6 Å². The summed E-state index contributed by atoms with van der Waals surface area (Å²) in [4.78, 5) is 0. The fourth-order valence-electron chi connectivity index (χ4n) is 18.6. The molecule has 0 radical (unpaired) electrons. The van der Waals surface area contributed by atoms with Crippen LogP contribution in [0.25, 0.3) is 0 Å². The highest BCUT2D eigenvalue weighted by Gasteiger charge is 2.70. The Morgan fingerprint density at radius 1 is 0.408 bits per heavy atom. The highest BCUT2D eigenvalue weighted by Crippen LogP contribution is 2.71. The SMILES string of the molecule is C[C@H](CCC1(O)O[C@H]2C[C@H]3[C@@H]4C[C@@H](O)[C@H]5C[C@@H](O[C@@H]6O[C@H](CO)[C@H](O[C@@H]7O[C@H](CO)[C@@H](O)[C@H](O[C@@H]8O[C@H](CO)[C@@H](O)[C@H](O)[C@H]8O)[C@H]7O[C@@H]7O[C@H](CO)[C@@H](O)[C@H](O[C@@H]8O[C@H](CO)[C@@H](O)[C@H](O)[C@H]8O)[C@H]7O)[C@H](O)[C@H]6O)CC[C@]5(C)[C@H]4CC[C@]3(C)[C@H]2[C@@H]1C)CO[C@@H]1O[C@H](CO)[C@@H](O)[C@H](O)[C@H]1O. The topological polar surface area (TPSA) is 565 Å². The smallest absolute Gasteiger partial charge is 0.187 e. The molecule has 0 bridgehead atoms. The minimum absolute atomic E-state index is 0.0238. The molecular weight excluding hydrogens is 1320 g/mol. The van der Waals surface area contributed by atoms with Crippen molar-refractivity contribution in [2.45, 2.75) is 294 Å². The summed E-state index contributed by atoms with van der Waals surface area (Å²) < 4.78 is 77.8. The van der Waals surface area contributed by atoms with E-state index in [4.69, 9.17) is 61.6 Å². The largest absolute Gasteiger partial charge is 0.394 e. The Morgan fingerprint density at radius 2 is 0.847 bits per heavy atom. The third-order valence-electron chi connectivity index (χ3n) is 24.3. The van der Waals surface area contributed by atoms with Crippen LogP contribution >= 0.6 is 0 Å². The Bertz CT molecular complexity index is 2550. The molecule has 35 nitrogen and oxygen atoms in total. The summed E-state index contributed by atoms with van der Waals surface area (Å²) in [6.45, 7) is 3.11. The van der Waals surface area contributed by atoms with Crippen molar-refractivity contribution in [2.24, 2.45) is 52.3 Å².